The van der Waals surface area contributed by atoms with E-state index < -0.39 is 23.6 Å². The highest BCUT2D eigenvalue weighted by Crippen LogP contribution is 2.30. The van der Waals surface area contributed by atoms with Crippen LogP contribution in [0.5, 0.6) is 5.88 Å². The molecule has 0 aromatic carbocycles. The molecular formula is C8H9F2N3O2. The lowest BCUT2D eigenvalue weighted by Crippen LogP contribution is -2.17. The molecule has 0 aliphatic rings. The topological polar surface area (TPSA) is 91.2 Å². The van der Waals surface area contributed by atoms with Crippen molar-refractivity contribution in [3.05, 3.63) is 17.3 Å². The van der Waals surface area contributed by atoms with Crippen LogP contribution in [-0.2, 0) is 0 Å². The molecule has 1 aromatic rings. The SMILES string of the molecule is COc1ncc(C(F)F)c(N)c1C(N)=O. The molecule has 0 bridgehead atoms. The number of hydrogen-bond donors (Lipinski definition) is 2. The van der Waals surface area contributed by atoms with Crippen molar-refractivity contribution in [2.24, 2.45) is 5.73 Å². The number of pyridine rings is 1. The Bertz CT molecular complexity index is 396. The molecule has 0 aliphatic carbocycles. The number of ether oxygens (including phenoxy) is 1. The first kappa shape index (κ1) is 11.2. The lowest BCUT2D eigenvalue weighted by atomic mass is 10.1. The summed E-state index contributed by atoms with van der Waals surface area (Å²) in [6.07, 6.45) is -1.97. The maximum Gasteiger partial charge on any atom is 0.267 e. The van der Waals surface area contributed by atoms with E-state index in [2.05, 4.69) is 9.72 Å². The van der Waals surface area contributed by atoms with Crippen molar-refractivity contribution in [3.8, 4) is 5.88 Å². The van der Waals surface area contributed by atoms with Crippen LogP contribution in [-0.4, -0.2) is 18.0 Å². The van der Waals surface area contributed by atoms with Crippen LogP contribution in [0.1, 0.15) is 22.3 Å². The quantitative estimate of drug-likeness (QED) is 0.779. The molecule has 0 radical (unpaired) electrons. The van der Waals surface area contributed by atoms with Crippen LogP contribution < -0.4 is 16.2 Å². The predicted molar refractivity (Wildman–Crippen MR) is 48.7 cm³/mol. The molecule has 0 spiro atoms. The van der Waals surface area contributed by atoms with Gasteiger partial charge in [0.25, 0.3) is 12.3 Å². The van der Waals surface area contributed by atoms with Gasteiger partial charge in [-0.2, -0.15) is 0 Å². The maximum absolute atomic E-state index is 12.4. The molecular weight excluding hydrogens is 208 g/mol. The molecule has 1 aromatic heterocycles. The smallest absolute Gasteiger partial charge is 0.267 e. The number of amides is 1. The summed E-state index contributed by atoms with van der Waals surface area (Å²) in [5.74, 6) is -1.12. The fourth-order valence-corrected chi connectivity index (χ4v) is 1.09. The van der Waals surface area contributed by atoms with Crippen LogP contribution in [0.3, 0.4) is 0 Å². The molecule has 5 nitrogen and oxygen atoms in total. The number of halogens is 2. The molecule has 4 N–H and O–H groups in total. The van der Waals surface area contributed by atoms with Gasteiger partial charge >= 0.3 is 0 Å². The van der Waals surface area contributed by atoms with Crippen LogP contribution in [0, 0.1) is 0 Å². The van der Waals surface area contributed by atoms with Crippen LogP contribution in [0.4, 0.5) is 14.5 Å². The highest BCUT2D eigenvalue weighted by Gasteiger charge is 2.21. The van der Waals surface area contributed by atoms with E-state index in [-0.39, 0.29) is 11.4 Å². The van der Waals surface area contributed by atoms with Crippen molar-refractivity contribution in [1.29, 1.82) is 0 Å². The molecule has 1 rings (SSSR count). The Hall–Kier alpha value is -1.92. The number of rotatable bonds is 3. The van der Waals surface area contributed by atoms with Crippen molar-refractivity contribution < 1.29 is 18.3 Å². The van der Waals surface area contributed by atoms with E-state index in [0.717, 1.165) is 6.20 Å². The molecule has 0 unspecified atom stereocenters. The van der Waals surface area contributed by atoms with Crippen molar-refractivity contribution in [2.45, 2.75) is 6.43 Å². The number of hydrogen-bond acceptors (Lipinski definition) is 4. The number of aromatic nitrogens is 1. The molecule has 0 saturated carbocycles. The summed E-state index contributed by atoms with van der Waals surface area (Å²) < 4.78 is 29.5. The van der Waals surface area contributed by atoms with Crippen molar-refractivity contribution in [3.63, 3.8) is 0 Å². The highest BCUT2D eigenvalue weighted by molar-refractivity contribution is 6.00. The number of alkyl halides is 2. The summed E-state index contributed by atoms with van der Waals surface area (Å²) in [5.41, 5.74) is 9.08. The second kappa shape index (κ2) is 4.07. The molecule has 82 valence electrons. The van der Waals surface area contributed by atoms with Gasteiger partial charge in [-0.3, -0.25) is 4.79 Å². The lowest BCUT2D eigenvalue weighted by molar-refractivity contribution is 0.0997. The summed E-state index contributed by atoms with van der Waals surface area (Å²) in [6.45, 7) is 0. The van der Waals surface area contributed by atoms with Gasteiger partial charge in [0.05, 0.1) is 18.4 Å². The monoisotopic (exact) mass is 217 g/mol. The Kier molecular flexibility index (Phi) is 3.03. The molecule has 0 saturated heterocycles. The van der Waals surface area contributed by atoms with Gasteiger partial charge in [0.15, 0.2) is 0 Å². The first-order valence-electron chi connectivity index (χ1n) is 3.89. The fraction of sp³-hybridized carbons (Fsp3) is 0.250. The Labute approximate surface area is 84.0 Å². The Balaban J connectivity index is 3.42. The minimum atomic E-state index is -2.82. The Morgan fingerprint density at radius 2 is 2.20 bits per heavy atom. The maximum atomic E-state index is 12.4. The molecule has 0 fully saturated rings. The van der Waals surface area contributed by atoms with Gasteiger partial charge < -0.3 is 16.2 Å². The predicted octanol–water partition coefficient (Wildman–Crippen LogP) is 0.709. The fourth-order valence-electron chi connectivity index (χ4n) is 1.09. The number of nitrogens with zero attached hydrogens (tertiary/aromatic N) is 1. The van der Waals surface area contributed by atoms with Crippen LogP contribution in [0.2, 0.25) is 0 Å². The molecule has 1 amide bonds. The van der Waals surface area contributed by atoms with Crippen molar-refractivity contribution in [1.82, 2.24) is 4.98 Å². The lowest BCUT2D eigenvalue weighted by Gasteiger charge is -2.10. The average molecular weight is 217 g/mol. The van der Waals surface area contributed by atoms with Crippen LogP contribution in [0.25, 0.3) is 0 Å². The summed E-state index contributed by atoms with van der Waals surface area (Å²) in [6, 6.07) is 0. The van der Waals surface area contributed by atoms with Gasteiger partial charge in [-0.1, -0.05) is 0 Å². The summed E-state index contributed by atoms with van der Waals surface area (Å²) in [5, 5.41) is 0. The van der Waals surface area contributed by atoms with Crippen molar-refractivity contribution in [2.75, 3.05) is 12.8 Å². The standard InChI is InChI=1S/C8H9F2N3O2/c1-15-8-4(7(12)14)5(11)3(2-13-8)6(9)10/h2,6H,1H3,(H2,11,13)(H2,12,14). The van der Waals surface area contributed by atoms with Gasteiger partial charge in [0.1, 0.15) is 5.56 Å². The summed E-state index contributed by atoms with van der Waals surface area (Å²) in [4.78, 5) is 14.5. The number of methoxy groups -OCH3 is 1. The third-order valence-electron chi connectivity index (χ3n) is 1.79. The van der Waals surface area contributed by atoms with Gasteiger partial charge in [-0.15, -0.1) is 0 Å². The Morgan fingerprint density at radius 3 is 2.60 bits per heavy atom. The highest BCUT2D eigenvalue weighted by atomic mass is 19.3. The molecule has 0 atom stereocenters. The largest absolute Gasteiger partial charge is 0.480 e. The number of nitrogen functional groups attached to an aromatic ring is 1. The van der Waals surface area contributed by atoms with E-state index in [9.17, 15) is 13.6 Å². The Morgan fingerprint density at radius 1 is 1.60 bits per heavy atom. The number of anilines is 1. The van der Waals surface area contributed by atoms with E-state index in [1.54, 1.807) is 0 Å². The van der Waals surface area contributed by atoms with E-state index >= 15 is 0 Å². The molecule has 1 heterocycles. The first-order chi connectivity index (χ1) is 6.99. The van der Waals surface area contributed by atoms with E-state index in [1.807, 2.05) is 0 Å². The third-order valence-corrected chi connectivity index (χ3v) is 1.79. The second-order valence-corrected chi connectivity index (χ2v) is 2.68. The molecule has 15 heavy (non-hydrogen) atoms. The zero-order chi connectivity index (χ0) is 11.6. The number of nitrogens with two attached hydrogens (primary N) is 2. The zero-order valence-corrected chi connectivity index (χ0v) is 7.83. The van der Waals surface area contributed by atoms with E-state index in [1.165, 1.54) is 7.11 Å². The second-order valence-electron chi connectivity index (χ2n) is 2.68. The number of primary amides is 1. The summed E-state index contributed by atoms with van der Waals surface area (Å²) >= 11 is 0. The minimum Gasteiger partial charge on any atom is -0.480 e. The number of carbonyl (C=O) groups excluding carboxylic acids is 1. The van der Waals surface area contributed by atoms with Gasteiger partial charge in [-0.25, -0.2) is 13.8 Å². The normalized spacial score (nSPS) is 10.4. The zero-order valence-electron chi connectivity index (χ0n) is 7.83. The summed E-state index contributed by atoms with van der Waals surface area (Å²) in [7, 11) is 1.23. The molecule has 0 aliphatic heterocycles. The number of carbonyl (C=O) groups is 1. The first-order valence-corrected chi connectivity index (χ1v) is 3.89. The average Bonchev–Trinajstić information content (AvgIpc) is 2.15. The van der Waals surface area contributed by atoms with Gasteiger partial charge in [0.2, 0.25) is 5.88 Å². The third kappa shape index (κ3) is 1.95. The van der Waals surface area contributed by atoms with E-state index in [0.29, 0.717) is 0 Å². The van der Waals surface area contributed by atoms with Crippen LogP contribution >= 0.6 is 0 Å². The van der Waals surface area contributed by atoms with E-state index in [4.69, 9.17) is 11.5 Å². The van der Waals surface area contributed by atoms with Gasteiger partial charge in [-0.05, 0) is 0 Å². The van der Waals surface area contributed by atoms with Gasteiger partial charge in [0, 0.05) is 6.20 Å². The van der Waals surface area contributed by atoms with Crippen LogP contribution in [0.15, 0.2) is 6.20 Å². The minimum absolute atomic E-state index is 0.163. The van der Waals surface area contributed by atoms with Crippen molar-refractivity contribution >= 4 is 11.6 Å². The molecule has 7 heteroatoms.